The quantitative estimate of drug-likeness (QED) is 0.730. The van der Waals surface area contributed by atoms with Crippen LogP contribution in [0.15, 0.2) is 12.3 Å². The maximum absolute atomic E-state index is 12.3. The van der Waals surface area contributed by atoms with Crippen molar-refractivity contribution in [2.24, 2.45) is 5.41 Å². The number of rotatable bonds is 4. The van der Waals surface area contributed by atoms with E-state index in [1.54, 1.807) is 6.20 Å². The molecule has 0 aliphatic carbocycles. The third-order valence-corrected chi connectivity index (χ3v) is 6.23. The molecule has 2 aromatic rings. The topological polar surface area (TPSA) is 116 Å². The van der Waals surface area contributed by atoms with E-state index in [1.165, 1.54) is 0 Å². The zero-order chi connectivity index (χ0) is 22.4. The lowest BCUT2D eigenvalue weighted by Gasteiger charge is -2.41. The highest BCUT2D eigenvalue weighted by molar-refractivity contribution is 6.07. The average Bonchev–Trinajstić information content (AvgIpc) is 3.19. The second kappa shape index (κ2) is 7.61. The van der Waals surface area contributed by atoms with Crippen LogP contribution in [0.1, 0.15) is 64.5 Å². The molecule has 1 atom stereocenters. The number of piperidine rings is 1. The molecular weight excluding hydrogens is 394 g/mol. The van der Waals surface area contributed by atoms with E-state index in [4.69, 9.17) is 0 Å². The van der Waals surface area contributed by atoms with Crippen LogP contribution in [0.25, 0.3) is 11.0 Å². The van der Waals surface area contributed by atoms with Gasteiger partial charge in [-0.05, 0) is 30.7 Å². The second-order valence-electron chi connectivity index (χ2n) is 9.75. The Balaban J connectivity index is 1.68. The first-order valence-corrected chi connectivity index (χ1v) is 10.8. The van der Waals surface area contributed by atoms with Crippen molar-refractivity contribution in [1.29, 1.82) is 5.26 Å². The lowest BCUT2D eigenvalue weighted by atomic mass is 9.86. The summed E-state index contributed by atoms with van der Waals surface area (Å²) in [6.45, 7) is 10.9. The number of hydrogen-bond acceptors (Lipinski definition) is 6. The molecular formula is C22H29N7O2. The molecule has 3 amide bonds. The molecule has 4 heterocycles. The first kappa shape index (κ1) is 21.2. The molecule has 0 radical (unpaired) electrons. The highest BCUT2D eigenvalue weighted by Gasteiger charge is 2.48. The molecule has 4 rings (SSSR count). The SMILES string of the molecule is CCC(c1cc2cnc(C#N)nc2n1CC(C)(C)C)N1CCC2(CC1)NC(=O)NC2=O. The van der Waals surface area contributed by atoms with Gasteiger partial charge in [0.25, 0.3) is 5.91 Å². The van der Waals surface area contributed by atoms with Gasteiger partial charge in [-0.25, -0.2) is 14.8 Å². The van der Waals surface area contributed by atoms with Gasteiger partial charge in [-0.1, -0.05) is 27.7 Å². The smallest absolute Gasteiger partial charge is 0.322 e. The third kappa shape index (κ3) is 3.88. The predicted octanol–water partition coefficient (Wildman–Crippen LogP) is 2.47. The molecule has 0 bridgehead atoms. The van der Waals surface area contributed by atoms with E-state index in [1.807, 2.05) is 6.07 Å². The zero-order valence-electron chi connectivity index (χ0n) is 18.5. The highest BCUT2D eigenvalue weighted by atomic mass is 16.2. The van der Waals surface area contributed by atoms with Crippen molar-refractivity contribution in [1.82, 2.24) is 30.1 Å². The Hall–Kier alpha value is -2.99. The molecule has 9 nitrogen and oxygen atoms in total. The van der Waals surface area contributed by atoms with Gasteiger partial charge in [-0.15, -0.1) is 0 Å². The molecule has 2 aliphatic heterocycles. The minimum atomic E-state index is -0.781. The number of fused-ring (bicyclic) bond motifs is 1. The highest BCUT2D eigenvalue weighted by Crippen LogP contribution is 2.35. The Morgan fingerprint density at radius 1 is 1.29 bits per heavy atom. The summed E-state index contributed by atoms with van der Waals surface area (Å²) in [5, 5.41) is 15.4. The van der Waals surface area contributed by atoms with Crippen molar-refractivity contribution >= 4 is 23.0 Å². The molecule has 0 saturated carbocycles. The van der Waals surface area contributed by atoms with Crippen LogP contribution < -0.4 is 10.6 Å². The number of urea groups is 1. The molecule has 1 unspecified atom stereocenters. The fourth-order valence-electron chi connectivity index (χ4n) is 4.78. The number of nitrogens with zero attached hydrogens (tertiary/aromatic N) is 5. The van der Waals surface area contributed by atoms with Crippen LogP contribution >= 0.6 is 0 Å². The summed E-state index contributed by atoms with van der Waals surface area (Å²) in [4.78, 5) is 35.0. The summed E-state index contributed by atoms with van der Waals surface area (Å²) in [5.74, 6) is -0.0467. The van der Waals surface area contributed by atoms with E-state index < -0.39 is 11.6 Å². The third-order valence-electron chi connectivity index (χ3n) is 6.23. The predicted molar refractivity (Wildman–Crippen MR) is 115 cm³/mol. The number of aromatic nitrogens is 3. The van der Waals surface area contributed by atoms with Crippen LogP contribution in [0.4, 0.5) is 4.79 Å². The van der Waals surface area contributed by atoms with Crippen LogP contribution in [-0.2, 0) is 11.3 Å². The summed E-state index contributed by atoms with van der Waals surface area (Å²) in [7, 11) is 0. The minimum Gasteiger partial charge on any atom is -0.327 e. The van der Waals surface area contributed by atoms with E-state index in [0.717, 1.165) is 29.7 Å². The number of imide groups is 1. The molecule has 2 N–H and O–H groups in total. The van der Waals surface area contributed by atoms with Crippen LogP contribution in [0.3, 0.4) is 0 Å². The van der Waals surface area contributed by atoms with Gasteiger partial charge in [0.05, 0.1) is 0 Å². The fraction of sp³-hybridized carbons (Fsp3) is 0.591. The molecule has 2 aromatic heterocycles. The lowest BCUT2D eigenvalue weighted by molar-refractivity contribution is -0.125. The Labute approximate surface area is 181 Å². The number of likely N-dealkylation sites (tertiary alicyclic amines) is 1. The standard InChI is InChI=1S/C22H29N7O2/c1-5-15(28-8-6-22(7-9-28)19(30)26-20(31)27-22)16-10-14-12-24-17(11-23)25-18(14)29(16)13-21(2,3)4/h10,12,15H,5-9,13H2,1-4H3,(H2,26,27,30,31). The van der Waals surface area contributed by atoms with Crippen LogP contribution in [-0.4, -0.2) is 50.0 Å². The summed E-state index contributed by atoms with van der Waals surface area (Å²) < 4.78 is 2.22. The van der Waals surface area contributed by atoms with Crippen LogP contribution in [0.2, 0.25) is 0 Å². The Morgan fingerprint density at radius 2 is 2.00 bits per heavy atom. The average molecular weight is 424 g/mol. The van der Waals surface area contributed by atoms with Gasteiger partial charge in [0.15, 0.2) is 0 Å². The molecule has 9 heteroatoms. The van der Waals surface area contributed by atoms with E-state index in [-0.39, 0.29) is 23.2 Å². The maximum atomic E-state index is 12.3. The fourth-order valence-corrected chi connectivity index (χ4v) is 4.78. The van der Waals surface area contributed by atoms with Crippen molar-refractivity contribution in [3.63, 3.8) is 0 Å². The molecule has 31 heavy (non-hydrogen) atoms. The normalized spacial score (nSPS) is 20.0. The number of nitrogens with one attached hydrogen (secondary N) is 2. The largest absolute Gasteiger partial charge is 0.327 e. The van der Waals surface area contributed by atoms with Crippen molar-refractivity contribution < 1.29 is 9.59 Å². The Morgan fingerprint density at radius 3 is 2.55 bits per heavy atom. The Kier molecular flexibility index (Phi) is 5.21. The number of carbonyl (C=O) groups excluding carboxylic acids is 2. The monoisotopic (exact) mass is 423 g/mol. The lowest BCUT2D eigenvalue weighted by Crippen LogP contribution is -2.55. The van der Waals surface area contributed by atoms with E-state index in [9.17, 15) is 14.9 Å². The minimum absolute atomic E-state index is 0.0227. The summed E-state index contributed by atoms with van der Waals surface area (Å²) in [6, 6.07) is 3.91. The van der Waals surface area contributed by atoms with Crippen LogP contribution in [0.5, 0.6) is 0 Å². The molecule has 2 aliphatic rings. The maximum Gasteiger partial charge on any atom is 0.322 e. The molecule has 0 aromatic carbocycles. The van der Waals surface area contributed by atoms with Crippen molar-refractivity contribution in [2.45, 2.75) is 65.1 Å². The number of hydrogen-bond donors (Lipinski definition) is 2. The van der Waals surface area contributed by atoms with Gasteiger partial charge in [0.2, 0.25) is 5.82 Å². The second-order valence-corrected chi connectivity index (χ2v) is 9.75. The summed E-state index contributed by atoms with van der Waals surface area (Å²) in [6.07, 6.45) is 3.78. The molecule has 1 spiro atoms. The first-order valence-electron chi connectivity index (χ1n) is 10.8. The number of nitriles is 1. The van der Waals surface area contributed by atoms with Gasteiger partial charge in [0.1, 0.15) is 17.3 Å². The van der Waals surface area contributed by atoms with E-state index in [2.05, 4.69) is 63.8 Å². The molecule has 164 valence electrons. The van der Waals surface area contributed by atoms with Gasteiger partial charge < -0.3 is 9.88 Å². The Bertz CT molecular complexity index is 1070. The zero-order valence-corrected chi connectivity index (χ0v) is 18.5. The molecule has 2 saturated heterocycles. The van der Waals surface area contributed by atoms with Gasteiger partial charge in [-0.3, -0.25) is 15.0 Å². The summed E-state index contributed by atoms with van der Waals surface area (Å²) in [5.41, 5.74) is 1.17. The number of amides is 3. The van der Waals surface area contributed by atoms with Gasteiger partial charge >= 0.3 is 6.03 Å². The van der Waals surface area contributed by atoms with Gasteiger partial charge in [-0.2, -0.15) is 5.26 Å². The van der Waals surface area contributed by atoms with Crippen molar-refractivity contribution in [3.05, 3.63) is 23.8 Å². The number of carbonyl (C=O) groups is 2. The van der Waals surface area contributed by atoms with Crippen molar-refractivity contribution in [3.8, 4) is 6.07 Å². The molecule has 2 fully saturated rings. The summed E-state index contributed by atoms with van der Waals surface area (Å²) >= 11 is 0. The van der Waals surface area contributed by atoms with E-state index in [0.29, 0.717) is 25.9 Å². The van der Waals surface area contributed by atoms with Crippen LogP contribution in [0, 0.1) is 16.7 Å². The first-order chi connectivity index (χ1) is 14.7. The van der Waals surface area contributed by atoms with Crippen molar-refractivity contribution in [2.75, 3.05) is 13.1 Å². The van der Waals surface area contributed by atoms with Gasteiger partial charge in [0, 0.05) is 43.0 Å². The van der Waals surface area contributed by atoms with E-state index >= 15 is 0 Å².